The summed E-state index contributed by atoms with van der Waals surface area (Å²) in [5.41, 5.74) is 9.46. The molecule has 0 spiro atoms. The van der Waals surface area contributed by atoms with E-state index in [2.05, 4.69) is 6.92 Å². The monoisotopic (exact) mass is 253 g/mol. The fourth-order valence-corrected chi connectivity index (χ4v) is 2.01. The van der Waals surface area contributed by atoms with Crippen molar-refractivity contribution in [3.8, 4) is 5.75 Å². The van der Waals surface area contributed by atoms with Crippen molar-refractivity contribution in [3.05, 3.63) is 59.9 Å². The molecule has 2 N–H and O–H groups in total. The van der Waals surface area contributed by atoms with E-state index in [0.717, 1.165) is 22.3 Å². The Morgan fingerprint density at radius 1 is 1.11 bits per heavy atom. The molecule has 0 saturated carbocycles. The molecule has 3 heteroatoms. The van der Waals surface area contributed by atoms with Crippen molar-refractivity contribution in [1.29, 1.82) is 0 Å². The van der Waals surface area contributed by atoms with Crippen molar-refractivity contribution >= 4 is 16.7 Å². The summed E-state index contributed by atoms with van der Waals surface area (Å²) in [5, 5.41) is 1.04. The standard InChI is InChI=1S/C16H15NO2/c1-11-2-5-14(6-3-11)18-9-12-10-19-16-8-13(17)4-7-15(12)16/h2-8,10H,9,17H2,1H3. The third-order valence-corrected chi connectivity index (χ3v) is 3.10. The van der Waals surface area contributed by atoms with Crippen LogP contribution in [0.2, 0.25) is 0 Å². The fraction of sp³-hybridized carbons (Fsp3) is 0.125. The lowest BCUT2D eigenvalue weighted by atomic mass is 10.2. The molecule has 3 nitrogen and oxygen atoms in total. The second-order valence-corrected chi connectivity index (χ2v) is 4.62. The van der Waals surface area contributed by atoms with Gasteiger partial charge >= 0.3 is 0 Å². The molecule has 2 aromatic carbocycles. The van der Waals surface area contributed by atoms with Gasteiger partial charge in [-0.05, 0) is 31.2 Å². The Balaban J connectivity index is 1.80. The molecule has 3 aromatic rings. The van der Waals surface area contributed by atoms with E-state index in [4.69, 9.17) is 14.9 Å². The van der Waals surface area contributed by atoms with Crippen molar-refractivity contribution in [2.45, 2.75) is 13.5 Å². The highest BCUT2D eigenvalue weighted by atomic mass is 16.5. The number of ether oxygens (including phenoxy) is 1. The van der Waals surface area contributed by atoms with Crippen molar-refractivity contribution in [2.24, 2.45) is 0 Å². The van der Waals surface area contributed by atoms with Crippen molar-refractivity contribution in [2.75, 3.05) is 5.73 Å². The lowest BCUT2D eigenvalue weighted by molar-refractivity contribution is 0.306. The van der Waals surface area contributed by atoms with Gasteiger partial charge in [0.15, 0.2) is 0 Å². The minimum atomic E-state index is 0.486. The van der Waals surface area contributed by atoms with Crippen LogP contribution in [-0.4, -0.2) is 0 Å². The van der Waals surface area contributed by atoms with Crippen LogP contribution in [0.5, 0.6) is 5.75 Å². The van der Waals surface area contributed by atoms with E-state index in [9.17, 15) is 0 Å². The summed E-state index contributed by atoms with van der Waals surface area (Å²) in [6.45, 7) is 2.54. The van der Waals surface area contributed by atoms with Crippen LogP contribution in [0.3, 0.4) is 0 Å². The SMILES string of the molecule is Cc1ccc(OCc2coc3cc(N)ccc23)cc1. The summed E-state index contributed by atoms with van der Waals surface area (Å²) in [7, 11) is 0. The molecular weight excluding hydrogens is 238 g/mol. The van der Waals surface area contributed by atoms with Crippen LogP contribution in [-0.2, 0) is 6.61 Å². The van der Waals surface area contributed by atoms with Gasteiger partial charge in [-0.1, -0.05) is 17.7 Å². The Kier molecular flexibility index (Phi) is 2.88. The Morgan fingerprint density at radius 3 is 2.68 bits per heavy atom. The van der Waals surface area contributed by atoms with Crippen LogP contribution in [0.1, 0.15) is 11.1 Å². The summed E-state index contributed by atoms with van der Waals surface area (Å²) < 4.78 is 11.2. The van der Waals surface area contributed by atoms with Gasteiger partial charge in [0.05, 0.1) is 6.26 Å². The smallest absolute Gasteiger partial charge is 0.136 e. The Labute approximate surface area is 111 Å². The first-order chi connectivity index (χ1) is 9.22. The number of fused-ring (bicyclic) bond motifs is 1. The van der Waals surface area contributed by atoms with E-state index in [0.29, 0.717) is 12.3 Å². The van der Waals surface area contributed by atoms with Crippen LogP contribution >= 0.6 is 0 Å². The summed E-state index contributed by atoms with van der Waals surface area (Å²) in [4.78, 5) is 0. The van der Waals surface area contributed by atoms with Gasteiger partial charge in [-0.2, -0.15) is 0 Å². The highest BCUT2D eigenvalue weighted by molar-refractivity contribution is 5.83. The first kappa shape index (κ1) is 11.7. The summed E-state index contributed by atoms with van der Waals surface area (Å²) in [6, 6.07) is 13.7. The van der Waals surface area contributed by atoms with Crippen LogP contribution in [0.15, 0.2) is 53.1 Å². The van der Waals surface area contributed by atoms with E-state index in [-0.39, 0.29) is 0 Å². The Bertz CT molecular complexity index is 698. The quantitative estimate of drug-likeness (QED) is 0.720. The van der Waals surface area contributed by atoms with E-state index in [1.54, 1.807) is 6.26 Å². The first-order valence-electron chi connectivity index (χ1n) is 6.17. The molecule has 0 radical (unpaired) electrons. The second kappa shape index (κ2) is 4.69. The molecule has 3 rings (SSSR count). The molecule has 0 saturated heterocycles. The van der Waals surface area contributed by atoms with Crippen LogP contribution in [0, 0.1) is 6.92 Å². The minimum absolute atomic E-state index is 0.486. The van der Waals surface area contributed by atoms with Gasteiger partial charge in [0.25, 0.3) is 0 Å². The van der Waals surface area contributed by atoms with Gasteiger partial charge in [0, 0.05) is 22.7 Å². The largest absolute Gasteiger partial charge is 0.489 e. The molecule has 0 atom stereocenters. The van der Waals surface area contributed by atoms with Crippen LogP contribution in [0.25, 0.3) is 11.0 Å². The lowest BCUT2D eigenvalue weighted by Gasteiger charge is -2.05. The van der Waals surface area contributed by atoms with Gasteiger partial charge in [-0.3, -0.25) is 0 Å². The Morgan fingerprint density at radius 2 is 1.89 bits per heavy atom. The third-order valence-electron chi connectivity index (χ3n) is 3.10. The van der Waals surface area contributed by atoms with Crippen molar-refractivity contribution in [1.82, 2.24) is 0 Å². The molecule has 0 aliphatic carbocycles. The van der Waals surface area contributed by atoms with Crippen LogP contribution in [0.4, 0.5) is 5.69 Å². The average molecular weight is 253 g/mol. The lowest BCUT2D eigenvalue weighted by Crippen LogP contribution is -1.94. The maximum atomic E-state index is 5.75. The zero-order valence-corrected chi connectivity index (χ0v) is 10.7. The number of furan rings is 1. The number of rotatable bonds is 3. The third kappa shape index (κ3) is 2.40. The predicted molar refractivity (Wildman–Crippen MR) is 76.1 cm³/mol. The maximum Gasteiger partial charge on any atom is 0.136 e. The molecule has 0 fully saturated rings. The molecule has 0 unspecified atom stereocenters. The number of benzene rings is 2. The van der Waals surface area contributed by atoms with E-state index < -0.39 is 0 Å². The number of anilines is 1. The second-order valence-electron chi connectivity index (χ2n) is 4.62. The van der Waals surface area contributed by atoms with Crippen molar-refractivity contribution < 1.29 is 9.15 Å². The average Bonchev–Trinajstić information content (AvgIpc) is 2.80. The molecule has 0 amide bonds. The predicted octanol–water partition coefficient (Wildman–Crippen LogP) is 3.90. The Hall–Kier alpha value is -2.42. The van der Waals surface area contributed by atoms with E-state index in [1.807, 2.05) is 42.5 Å². The topological polar surface area (TPSA) is 48.4 Å². The van der Waals surface area contributed by atoms with Crippen molar-refractivity contribution in [3.63, 3.8) is 0 Å². The molecule has 1 heterocycles. The van der Waals surface area contributed by atoms with Gasteiger partial charge in [0.2, 0.25) is 0 Å². The zero-order chi connectivity index (χ0) is 13.2. The van der Waals surface area contributed by atoms with E-state index >= 15 is 0 Å². The van der Waals surface area contributed by atoms with E-state index in [1.165, 1.54) is 5.56 Å². The zero-order valence-electron chi connectivity index (χ0n) is 10.7. The summed E-state index contributed by atoms with van der Waals surface area (Å²) >= 11 is 0. The van der Waals surface area contributed by atoms with Gasteiger partial charge in [-0.25, -0.2) is 0 Å². The minimum Gasteiger partial charge on any atom is -0.489 e. The number of hydrogen-bond acceptors (Lipinski definition) is 3. The first-order valence-corrected chi connectivity index (χ1v) is 6.17. The van der Waals surface area contributed by atoms with Gasteiger partial charge < -0.3 is 14.9 Å². The number of nitrogens with two attached hydrogens (primary N) is 1. The highest BCUT2D eigenvalue weighted by Gasteiger charge is 2.06. The molecule has 0 aliphatic rings. The normalized spacial score (nSPS) is 10.8. The summed E-state index contributed by atoms with van der Waals surface area (Å²) in [6.07, 6.45) is 1.72. The van der Waals surface area contributed by atoms with Gasteiger partial charge in [-0.15, -0.1) is 0 Å². The van der Waals surface area contributed by atoms with Gasteiger partial charge in [0.1, 0.15) is 17.9 Å². The number of aryl methyl sites for hydroxylation is 1. The van der Waals surface area contributed by atoms with Crippen LogP contribution < -0.4 is 10.5 Å². The molecule has 0 aliphatic heterocycles. The molecule has 19 heavy (non-hydrogen) atoms. The number of hydrogen-bond donors (Lipinski definition) is 1. The molecule has 96 valence electrons. The number of nitrogen functional groups attached to an aromatic ring is 1. The molecule has 0 bridgehead atoms. The molecular formula is C16H15NO2. The summed E-state index contributed by atoms with van der Waals surface area (Å²) in [5.74, 6) is 0.857. The maximum absolute atomic E-state index is 5.75. The highest BCUT2D eigenvalue weighted by Crippen LogP contribution is 2.24. The fourth-order valence-electron chi connectivity index (χ4n) is 2.01. The molecule has 1 aromatic heterocycles.